The van der Waals surface area contributed by atoms with Gasteiger partial charge in [0.05, 0.1) is 10.6 Å². The predicted octanol–water partition coefficient (Wildman–Crippen LogP) is 3.27. The van der Waals surface area contributed by atoms with Crippen LogP contribution < -0.4 is 10.6 Å². The second kappa shape index (κ2) is 8.70. The topological polar surface area (TPSA) is 92.3 Å². The van der Waals surface area contributed by atoms with Crippen molar-refractivity contribution in [3.63, 3.8) is 0 Å². The van der Waals surface area contributed by atoms with Crippen LogP contribution in [0.4, 0.5) is 5.69 Å². The predicted molar refractivity (Wildman–Crippen MR) is 112 cm³/mol. The van der Waals surface area contributed by atoms with E-state index in [0.717, 1.165) is 0 Å². The Kier molecular flexibility index (Phi) is 6.09. The molecule has 0 fully saturated rings. The number of nitrogens with one attached hydrogen (secondary N) is 2. The van der Waals surface area contributed by atoms with Crippen LogP contribution in [-0.4, -0.2) is 27.3 Å². The van der Waals surface area contributed by atoms with E-state index in [1.54, 1.807) is 85.9 Å². The molecule has 29 heavy (non-hydrogen) atoms. The Morgan fingerprint density at radius 2 is 1.48 bits per heavy atom. The Bertz CT molecular complexity index is 1120. The van der Waals surface area contributed by atoms with Gasteiger partial charge in [-0.25, -0.2) is 8.42 Å². The highest BCUT2D eigenvalue weighted by Crippen LogP contribution is 2.18. The lowest BCUT2D eigenvalue weighted by Gasteiger charge is -2.09. The SMILES string of the molecule is CNC(=O)c1ccc(NC(=O)c2cccc(CS(=O)(=O)c3ccccc3)c2)cc1. The maximum Gasteiger partial charge on any atom is 0.255 e. The van der Waals surface area contributed by atoms with E-state index < -0.39 is 9.84 Å². The van der Waals surface area contributed by atoms with Crippen molar-refractivity contribution >= 4 is 27.3 Å². The molecule has 0 bridgehead atoms. The number of sulfone groups is 1. The Balaban J connectivity index is 1.73. The highest BCUT2D eigenvalue weighted by atomic mass is 32.2. The van der Waals surface area contributed by atoms with Crippen molar-refractivity contribution in [2.45, 2.75) is 10.6 Å². The summed E-state index contributed by atoms with van der Waals surface area (Å²) in [6, 6.07) is 21.2. The van der Waals surface area contributed by atoms with Crippen LogP contribution in [0.15, 0.2) is 83.8 Å². The Labute approximate surface area is 169 Å². The summed E-state index contributed by atoms with van der Waals surface area (Å²) < 4.78 is 25.1. The third kappa shape index (κ3) is 5.08. The smallest absolute Gasteiger partial charge is 0.255 e. The molecule has 0 radical (unpaired) electrons. The Morgan fingerprint density at radius 3 is 2.14 bits per heavy atom. The molecule has 6 nitrogen and oxygen atoms in total. The van der Waals surface area contributed by atoms with Gasteiger partial charge < -0.3 is 10.6 Å². The molecule has 0 heterocycles. The van der Waals surface area contributed by atoms with E-state index in [1.165, 1.54) is 0 Å². The first-order valence-electron chi connectivity index (χ1n) is 8.89. The average Bonchev–Trinajstić information content (AvgIpc) is 2.74. The molecule has 2 N–H and O–H groups in total. The molecule has 7 heteroatoms. The lowest BCUT2D eigenvalue weighted by Crippen LogP contribution is -2.18. The van der Waals surface area contributed by atoms with Crippen molar-refractivity contribution in [2.75, 3.05) is 12.4 Å². The zero-order valence-corrected chi connectivity index (χ0v) is 16.6. The number of anilines is 1. The molecule has 0 atom stereocenters. The summed E-state index contributed by atoms with van der Waals surface area (Å²) in [4.78, 5) is 24.4. The van der Waals surface area contributed by atoms with E-state index in [0.29, 0.717) is 22.4 Å². The van der Waals surface area contributed by atoms with Crippen molar-refractivity contribution in [1.29, 1.82) is 0 Å². The van der Waals surface area contributed by atoms with Gasteiger partial charge in [0.15, 0.2) is 9.84 Å². The number of hydrogen-bond acceptors (Lipinski definition) is 4. The number of hydrogen-bond donors (Lipinski definition) is 2. The summed E-state index contributed by atoms with van der Waals surface area (Å²) in [5.74, 6) is -0.772. The van der Waals surface area contributed by atoms with Crippen LogP contribution in [0.3, 0.4) is 0 Å². The van der Waals surface area contributed by atoms with Crippen molar-refractivity contribution < 1.29 is 18.0 Å². The fraction of sp³-hybridized carbons (Fsp3) is 0.0909. The molecule has 0 aliphatic heterocycles. The molecule has 2 amide bonds. The third-order valence-corrected chi connectivity index (χ3v) is 5.98. The number of benzene rings is 3. The minimum Gasteiger partial charge on any atom is -0.355 e. The second-order valence-corrected chi connectivity index (χ2v) is 8.37. The molecule has 3 aromatic rings. The van der Waals surface area contributed by atoms with Gasteiger partial charge in [-0.05, 0) is 54.1 Å². The van der Waals surface area contributed by atoms with Crippen LogP contribution >= 0.6 is 0 Å². The van der Waals surface area contributed by atoms with E-state index in [4.69, 9.17) is 0 Å². The van der Waals surface area contributed by atoms with Crippen LogP contribution in [0, 0.1) is 0 Å². The molecule has 0 aliphatic carbocycles. The first-order chi connectivity index (χ1) is 13.9. The summed E-state index contributed by atoms with van der Waals surface area (Å²) in [5, 5.41) is 5.27. The standard InChI is InChI=1S/C22H20N2O4S/c1-23-21(25)17-10-12-19(13-11-17)24-22(26)18-7-5-6-16(14-18)15-29(27,28)20-8-3-2-4-9-20/h2-14H,15H2,1H3,(H,23,25)(H,24,26). The molecule has 0 saturated heterocycles. The molecule has 0 spiro atoms. The van der Waals surface area contributed by atoms with E-state index in [2.05, 4.69) is 10.6 Å². The van der Waals surface area contributed by atoms with Crippen molar-refractivity contribution in [3.05, 3.63) is 95.6 Å². The monoisotopic (exact) mass is 408 g/mol. The summed E-state index contributed by atoms with van der Waals surface area (Å²) in [7, 11) is -1.96. The minimum atomic E-state index is -3.50. The molecule has 0 unspecified atom stereocenters. The van der Waals surface area contributed by atoms with Gasteiger partial charge in [0, 0.05) is 23.9 Å². The normalized spacial score (nSPS) is 10.9. The lowest BCUT2D eigenvalue weighted by atomic mass is 10.1. The van der Waals surface area contributed by atoms with Gasteiger partial charge in [0.1, 0.15) is 0 Å². The fourth-order valence-corrected chi connectivity index (χ4v) is 4.14. The van der Waals surface area contributed by atoms with Gasteiger partial charge in [0.25, 0.3) is 11.8 Å². The number of carbonyl (C=O) groups excluding carboxylic acids is 2. The second-order valence-electron chi connectivity index (χ2n) is 6.38. The average molecular weight is 408 g/mol. The molecule has 3 aromatic carbocycles. The van der Waals surface area contributed by atoms with Crippen LogP contribution in [-0.2, 0) is 15.6 Å². The van der Waals surface area contributed by atoms with Gasteiger partial charge in [-0.1, -0.05) is 30.3 Å². The van der Waals surface area contributed by atoms with E-state index >= 15 is 0 Å². The maximum absolute atomic E-state index is 12.6. The van der Waals surface area contributed by atoms with Gasteiger partial charge in [-0.3, -0.25) is 9.59 Å². The minimum absolute atomic E-state index is 0.195. The molecule has 3 rings (SSSR count). The van der Waals surface area contributed by atoms with Crippen molar-refractivity contribution in [3.8, 4) is 0 Å². The Morgan fingerprint density at radius 1 is 0.793 bits per heavy atom. The van der Waals surface area contributed by atoms with Crippen LogP contribution in [0.2, 0.25) is 0 Å². The number of carbonyl (C=O) groups is 2. The van der Waals surface area contributed by atoms with Gasteiger partial charge in [-0.15, -0.1) is 0 Å². The molecular weight excluding hydrogens is 388 g/mol. The van der Waals surface area contributed by atoms with E-state index in [9.17, 15) is 18.0 Å². The summed E-state index contributed by atoms with van der Waals surface area (Å²) in [6.45, 7) is 0. The molecule has 0 aliphatic rings. The van der Waals surface area contributed by atoms with Crippen LogP contribution in [0.25, 0.3) is 0 Å². The number of amides is 2. The van der Waals surface area contributed by atoms with E-state index in [1.807, 2.05) is 0 Å². The summed E-state index contributed by atoms with van der Waals surface area (Å²) >= 11 is 0. The zero-order valence-electron chi connectivity index (χ0n) is 15.8. The fourth-order valence-electron chi connectivity index (χ4n) is 2.79. The molecule has 0 aromatic heterocycles. The zero-order chi connectivity index (χ0) is 20.9. The van der Waals surface area contributed by atoms with Gasteiger partial charge >= 0.3 is 0 Å². The highest BCUT2D eigenvalue weighted by Gasteiger charge is 2.16. The molecule has 148 valence electrons. The van der Waals surface area contributed by atoms with Crippen LogP contribution in [0.1, 0.15) is 26.3 Å². The van der Waals surface area contributed by atoms with Crippen LogP contribution in [0.5, 0.6) is 0 Å². The number of rotatable bonds is 6. The largest absolute Gasteiger partial charge is 0.355 e. The van der Waals surface area contributed by atoms with Crippen molar-refractivity contribution in [2.24, 2.45) is 0 Å². The maximum atomic E-state index is 12.6. The Hall–Kier alpha value is -3.45. The lowest BCUT2D eigenvalue weighted by molar-refractivity contribution is 0.0962. The van der Waals surface area contributed by atoms with Crippen molar-refractivity contribution in [1.82, 2.24) is 5.32 Å². The van der Waals surface area contributed by atoms with Gasteiger partial charge in [-0.2, -0.15) is 0 Å². The summed E-state index contributed by atoms with van der Waals surface area (Å²) in [6.07, 6.45) is 0. The van der Waals surface area contributed by atoms with Gasteiger partial charge in [0.2, 0.25) is 0 Å². The quantitative estimate of drug-likeness (QED) is 0.655. The first-order valence-corrected chi connectivity index (χ1v) is 10.5. The summed E-state index contributed by atoms with van der Waals surface area (Å²) in [5.41, 5.74) is 1.89. The highest BCUT2D eigenvalue weighted by molar-refractivity contribution is 7.90. The molecule has 0 saturated carbocycles. The first kappa shape index (κ1) is 20.3. The van der Waals surface area contributed by atoms with E-state index in [-0.39, 0.29) is 22.5 Å². The third-order valence-electron chi connectivity index (χ3n) is 4.28. The molecular formula is C22H20N2O4S.